The van der Waals surface area contributed by atoms with Crippen molar-refractivity contribution in [3.05, 3.63) is 77.0 Å². The number of carbonyl (C=O) groups excluding carboxylic acids is 1. The molecule has 5 heteroatoms. The number of amides is 1. The summed E-state index contributed by atoms with van der Waals surface area (Å²) < 4.78 is 7.49. The van der Waals surface area contributed by atoms with E-state index >= 15 is 0 Å². The Morgan fingerprint density at radius 3 is 2.25 bits per heavy atom. The van der Waals surface area contributed by atoms with E-state index in [1.54, 1.807) is 18.2 Å². The maximum absolute atomic E-state index is 12.1. The first-order chi connectivity index (χ1) is 11.5. The molecule has 0 atom stereocenters. The van der Waals surface area contributed by atoms with Gasteiger partial charge in [-0.25, -0.2) is 5.43 Å². The van der Waals surface area contributed by atoms with Crippen LogP contribution in [0.4, 0.5) is 0 Å². The summed E-state index contributed by atoms with van der Waals surface area (Å²) in [7, 11) is 0. The molecule has 0 unspecified atom stereocenters. The van der Waals surface area contributed by atoms with Gasteiger partial charge in [0.15, 0.2) is 0 Å². The highest BCUT2D eigenvalue weighted by Gasteiger charge is 2.07. The highest BCUT2D eigenvalue weighted by atomic mass is 16.3. The van der Waals surface area contributed by atoms with E-state index in [1.165, 1.54) is 6.21 Å². The van der Waals surface area contributed by atoms with E-state index in [4.69, 9.17) is 4.42 Å². The second kappa shape index (κ2) is 6.58. The van der Waals surface area contributed by atoms with Gasteiger partial charge in [-0.15, -0.1) is 0 Å². The van der Waals surface area contributed by atoms with Crippen LogP contribution in [0.5, 0.6) is 0 Å². The molecule has 2 aromatic heterocycles. The predicted molar refractivity (Wildman–Crippen MR) is 93.7 cm³/mol. The Labute approximate surface area is 140 Å². The van der Waals surface area contributed by atoms with Crippen LogP contribution in [-0.2, 0) is 0 Å². The minimum Gasteiger partial charge on any atom is -0.460 e. The van der Waals surface area contributed by atoms with Gasteiger partial charge in [0.25, 0.3) is 5.91 Å². The molecular formula is C19H19N3O2. The third-order valence-corrected chi connectivity index (χ3v) is 3.78. The summed E-state index contributed by atoms with van der Waals surface area (Å²) >= 11 is 0. The van der Waals surface area contributed by atoms with Crippen LogP contribution in [0.25, 0.3) is 5.69 Å². The van der Waals surface area contributed by atoms with E-state index in [2.05, 4.69) is 41.1 Å². The Morgan fingerprint density at radius 1 is 1.00 bits per heavy atom. The van der Waals surface area contributed by atoms with E-state index < -0.39 is 0 Å². The van der Waals surface area contributed by atoms with Gasteiger partial charge in [-0.05, 0) is 69.3 Å². The molecule has 0 fully saturated rings. The third-order valence-electron chi connectivity index (χ3n) is 3.78. The molecule has 5 nitrogen and oxygen atoms in total. The first-order valence-electron chi connectivity index (χ1n) is 7.70. The number of nitrogens with zero attached hydrogens (tertiary/aromatic N) is 2. The first kappa shape index (κ1) is 15.8. The van der Waals surface area contributed by atoms with Crippen molar-refractivity contribution < 1.29 is 9.21 Å². The molecule has 0 saturated carbocycles. The first-order valence-corrected chi connectivity index (χ1v) is 7.70. The van der Waals surface area contributed by atoms with Crippen LogP contribution < -0.4 is 5.43 Å². The minimum atomic E-state index is -0.262. The number of aromatic nitrogens is 1. The molecule has 0 aliphatic heterocycles. The van der Waals surface area contributed by atoms with Crippen molar-refractivity contribution in [3.8, 4) is 5.69 Å². The number of furan rings is 1. The number of rotatable bonds is 4. The molecule has 0 spiro atoms. The fourth-order valence-electron chi connectivity index (χ4n) is 2.58. The summed E-state index contributed by atoms with van der Waals surface area (Å²) in [5, 5.41) is 3.91. The molecule has 0 aliphatic rings. The van der Waals surface area contributed by atoms with Crippen LogP contribution in [0.1, 0.15) is 33.3 Å². The fraction of sp³-hybridized carbons (Fsp3) is 0.158. The maximum atomic E-state index is 12.1. The fourth-order valence-corrected chi connectivity index (χ4v) is 2.58. The summed E-state index contributed by atoms with van der Waals surface area (Å²) in [6.45, 7) is 5.96. The number of hydrogen-bond acceptors (Lipinski definition) is 3. The van der Waals surface area contributed by atoms with Crippen molar-refractivity contribution in [1.82, 2.24) is 9.99 Å². The molecule has 0 radical (unpaired) electrons. The third kappa shape index (κ3) is 3.30. The van der Waals surface area contributed by atoms with Crippen molar-refractivity contribution in [3.63, 3.8) is 0 Å². The largest absolute Gasteiger partial charge is 0.460 e. The Morgan fingerprint density at radius 2 is 1.67 bits per heavy atom. The molecule has 122 valence electrons. The molecule has 1 aromatic carbocycles. The van der Waals surface area contributed by atoms with Crippen LogP contribution in [0.2, 0.25) is 0 Å². The lowest BCUT2D eigenvalue weighted by molar-refractivity contribution is 0.0955. The van der Waals surface area contributed by atoms with Gasteiger partial charge in [-0.3, -0.25) is 4.79 Å². The second-order valence-corrected chi connectivity index (χ2v) is 5.65. The summed E-state index contributed by atoms with van der Waals surface area (Å²) in [5.74, 6) is 1.14. The number of nitrogens with one attached hydrogen (secondary N) is 1. The van der Waals surface area contributed by atoms with Gasteiger partial charge in [-0.1, -0.05) is 0 Å². The van der Waals surface area contributed by atoms with Crippen molar-refractivity contribution in [2.45, 2.75) is 20.8 Å². The zero-order valence-corrected chi connectivity index (χ0v) is 13.9. The Balaban J connectivity index is 1.69. The Hall–Kier alpha value is -3.08. The van der Waals surface area contributed by atoms with E-state index in [1.807, 2.05) is 25.1 Å². The molecule has 2 heterocycles. The van der Waals surface area contributed by atoms with Gasteiger partial charge in [0, 0.05) is 22.6 Å². The number of hydrogen-bond donors (Lipinski definition) is 1. The number of hydrazone groups is 1. The molecule has 24 heavy (non-hydrogen) atoms. The standard InChI is InChI=1S/C19H19N3O2/c1-13-4-5-14(2)22(13)17-9-7-16(8-10-17)19(23)21-20-12-18-11-6-15(3)24-18/h4-12H,1-3H3,(H,21,23)/b20-12+. The van der Waals surface area contributed by atoms with Gasteiger partial charge in [0.1, 0.15) is 11.5 Å². The summed E-state index contributed by atoms with van der Waals surface area (Å²) in [6.07, 6.45) is 1.48. The molecule has 0 saturated heterocycles. The van der Waals surface area contributed by atoms with Gasteiger partial charge < -0.3 is 8.98 Å². The highest BCUT2D eigenvalue weighted by Crippen LogP contribution is 2.16. The van der Waals surface area contributed by atoms with Gasteiger partial charge in [0.2, 0.25) is 0 Å². The lowest BCUT2D eigenvalue weighted by Crippen LogP contribution is -2.17. The minimum absolute atomic E-state index is 0.262. The Kier molecular flexibility index (Phi) is 4.33. The van der Waals surface area contributed by atoms with Gasteiger partial charge in [-0.2, -0.15) is 5.10 Å². The Bertz CT molecular complexity index is 866. The van der Waals surface area contributed by atoms with E-state index in [0.717, 1.165) is 22.8 Å². The molecular weight excluding hydrogens is 302 g/mol. The summed E-state index contributed by atoms with van der Waals surface area (Å²) in [6, 6.07) is 15.2. The van der Waals surface area contributed by atoms with Crippen LogP contribution in [0, 0.1) is 20.8 Å². The molecule has 3 rings (SSSR count). The summed E-state index contributed by atoms with van der Waals surface area (Å²) in [5.41, 5.74) is 6.39. The van der Waals surface area contributed by atoms with Crippen LogP contribution in [0.3, 0.4) is 0 Å². The smallest absolute Gasteiger partial charge is 0.271 e. The quantitative estimate of drug-likeness (QED) is 0.587. The van der Waals surface area contributed by atoms with Crippen LogP contribution in [-0.4, -0.2) is 16.7 Å². The molecule has 1 N–H and O–H groups in total. The molecule has 0 aliphatic carbocycles. The van der Waals surface area contributed by atoms with E-state index in [0.29, 0.717) is 11.3 Å². The normalized spacial score (nSPS) is 11.1. The maximum Gasteiger partial charge on any atom is 0.271 e. The van der Waals surface area contributed by atoms with E-state index in [9.17, 15) is 4.79 Å². The second-order valence-electron chi connectivity index (χ2n) is 5.65. The van der Waals surface area contributed by atoms with Crippen molar-refractivity contribution in [2.75, 3.05) is 0 Å². The average Bonchev–Trinajstić information content (AvgIpc) is 3.13. The lowest BCUT2D eigenvalue weighted by Gasteiger charge is -2.09. The monoisotopic (exact) mass is 321 g/mol. The van der Waals surface area contributed by atoms with E-state index in [-0.39, 0.29) is 5.91 Å². The van der Waals surface area contributed by atoms with Gasteiger partial charge in [0.05, 0.1) is 6.21 Å². The lowest BCUT2D eigenvalue weighted by atomic mass is 10.2. The highest BCUT2D eigenvalue weighted by molar-refractivity contribution is 5.94. The summed E-state index contributed by atoms with van der Waals surface area (Å²) in [4.78, 5) is 12.1. The van der Waals surface area contributed by atoms with Crippen molar-refractivity contribution in [1.29, 1.82) is 0 Å². The number of benzene rings is 1. The molecule has 1 amide bonds. The zero-order chi connectivity index (χ0) is 17.1. The molecule has 3 aromatic rings. The zero-order valence-electron chi connectivity index (χ0n) is 13.9. The topological polar surface area (TPSA) is 59.5 Å². The van der Waals surface area contributed by atoms with Crippen molar-refractivity contribution in [2.24, 2.45) is 5.10 Å². The van der Waals surface area contributed by atoms with Crippen LogP contribution >= 0.6 is 0 Å². The SMILES string of the molecule is Cc1ccc(/C=N/NC(=O)c2ccc(-n3c(C)ccc3C)cc2)o1. The van der Waals surface area contributed by atoms with Gasteiger partial charge >= 0.3 is 0 Å². The number of carbonyl (C=O) groups is 1. The molecule has 0 bridgehead atoms. The predicted octanol–water partition coefficient (Wildman–Crippen LogP) is 3.76. The number of aryl methyl sites for hydroxylation is 3. The van der Waals surface area contributed by atoms with Crippen LogP contribution in [0.15, 0.2) is 58.0 Å². The average molecular weight is 321 g/mol. The van der Waals surface area contributed by atoms with Crippen molar-refractivity contribution >= 4 is 12.1 Å².